The van der Waals surface area contributed by atoms with E-state index in [-0.39, 0.29) is 12.4 Å². The summed E-state index contributed by atoms with van der Waals surface area (Å²) in [5.41, 5.74) is 0. The lowest BCUT2D eigenvalue weighted by Crippen LogP contribution is -1.89. The van der Waals surface area contributed by atoms with Gasteiger partial charge in [0, 0.05) is 0 Å². The standard InChI is InChI=1S/C8H19P.ClH/c1-4-5-6-9-7-8(2)3;/h8-9H,4-7H2,1-3H3;1H. The molecule has 0 fully saturated rings. The van der Waals surface area contributed by atoms with Crippen LogP contribution in [0.1, 0.15) is 33.6 Å². The second-order valence-corrected chi connectivity index (χ2v) is 4.36. The van der Waals surface area contributed by atoms with E-state index in [0.29, 0.717) is 0 Å². The van der Waals surface area contributed by atoms with Crippen LogP contribution in [0.25, 0.3) is 0 Å². The molecule has 10 heavy (non-hydrogen) atoms. The van der Waals surface area contributed by atoms with E-state index < -0.39 is 0 Å². The first-order valence-corrected chi connectivity index (χ1v) is 5.39. The summed E-state index contributed by atoms with van der Waals surface area (Å²) in [6.07, 6.45) is 5.71. The molecule has 0 aliphatic carbocycles. The highest BCUT2D eigenvalue weighted by atomic mass is 35.5. The first-order chi connectivity index (χ1) is 4.27. The maximum atomic E-state index is 2.30. The molecule has 0 saturated heterocycles. The summed E-state index contributed by atoms with van der Waals surface area (Å²) < 4.78 is 0. The summed E-state index contributed by atoms with van der Waals surface area (Å²) in [5.74, 6) is 0.917. The van der Waals surface area contributed by atoms with Gasteiger partial charge in [0.2, 0.25) is 0 Å². The SMILES string of the molecule is CCCCPCC(C)C.Cl. The second-order valence-electron chi connectivity index (χ2n) is 2.95. The van der Waals surface area contributed by atoms with E-state index in [0.717, 1.165) is 5.92 Å². The van der Waals surface area contributed by atoms with Gasteiger partial charge in [-0.3, -0.25) is 0 Å². The van der Waals surface area contributed by atoms with Crippen molar-refractivity contribution in [2.24, 2.45) is 5.92 Å². The predicted molar refractivity (Wildman–Crippen MR) is 55.0 cm³/mol. The summed E-state index contributed by atoms with van der Waals surface area (Å²) in [5, 5.41) is 0. The van der Waals surface area contributed by atoms with E-state index in [2.05, 4.69) is 20.8 Å². The van der Waals surface area contributed by atoms with Crippen molar-refractivity contribution in [2.45, 2.75) is 33.6 Å². The minimum atomic E-state index is 0. The lowest BCUT2D eigenvalue weighted by Gasteiger charge is -2.02. The molecule has 64 valence electrons. The maximum absolute atomic E-state index is 2.30. The highest BCUT2D eigenvalue weighted by molar-refractivity contribution is 7.37. The van der Waals surface area contributed by atoms with Crippen molar-refractivity contribution >= 4 is 21.0 Å². The first-order valence-electron chi connectivity index (χ1n) is 3.98. The molecule has 1 atom stereocenters. The minimum absolute atomic E-state index is 0. The molecule has 0 aromatic rings. The van der Waals surface area contributed by atoms with Crippen molar-refractivity contribution in [3.63, 3.8) is 0 Å². The van der Waals surface area contributed by atoms with Crippen molar-refractivity contribution < 1.29 is 0 Å². The van der Waals surface area contributed by atoms with Crippen molar-refractivity contribution in [3.05, 3.63) is 0 Å². The van der Waals surface area contributed by atoms with Gasteiger partial charge in [-0.1, -0.05) is 27.2 Å². The fraction of sp³-hybridized carbons (Fsp3) is 1.00. The first kappa shape index (κ1) is 13.3. The Hall–Kier alpha value is 0.720. The van der Waals surface area contributed by atoms with Crippen LogP contribution in [0.5, 0.6) is 0 Å². The number of rotatable bonds is 5. The molecule has 0 radical (unpaired) electrons. The normalized spacial score (nSPS) is 10.8. The fourth-order valence-electron chi connectivity index (χ4n) is 0.693. The van der Waals surface area contributed by atoms with Crippen LogP contribution in [0, 0.1) is 5.92 Å². The molecular formula is C8H20ClP. The number of hydrogen-bond acceptors (Lipinski definition) is 0. The molecule has 0 aromatic heterocycles. The Morgan fingerprint density at radius 1 is 1.30 bits per heavy atom. The predicted octanol–water partition coefficient (Wildman–Crippen LogP) is 3.54. The molecule has 0 aromatic carbocycles. The van der Waals surface area contributed by atoms with E-state index in [4.69, 9.17) is 0 Å². The third kappa shape index (κ3) is 11.5. The Morgan fingerprint density at radius 3 is 2.30 bits per heavy atom. The molecule has 0 heterocycles. The maximum Gasteiger partial charge on any atom is -0.0330 e. The number of unbranched alkanes of at least 4 members (excludes halogenated alkanes) is 1. The molecular weight excluding hydrogens is 163 g/mol. The largest absolute Gasteiger partial charge is 0.147 e. The number of hydrogen-bond donors (Lipinski definition) is 0. The van der Waals surface area contributed by atoms with Crippen LogP contribution in [-0.2, 0) is 0 Å². The Labute approximate surface area is 73.4 Å². The molecule has 0 aliphatic rings. The summed E-state index contributed by atoms with van der Waals surface area (Å²) in [4.78, 5) is 0. The zero-order chi connectivity index (χ0) is 7.11. The third-order valence-corrected chi connectivity index (χ3v) is 3.07. The van der Waals surface area contributed by atoms with Crippen molar-refractivity contribution in [1.29, 1.82) is 0 Å². The van der Waals surface area contributed by atoms with Crippen LogP contribution in [0.2, 0.25) is 0 Å². The van der Waals surface area contributed by atoms with Crippen LogP contribution in [0.3, 0.4) is 0 Å². The van der Waals surface area contributed by atoms with Gasteiger partial charge in [-0.05, 0) is 24.7 Å². The highest BCUT2D eigenvalue weighted by Crippen LogP contribution is 2.16. The molecule has 0 amide bonds. The summed E-state index contributed by atoms with van der Waals surface area (Å²) >= 11 is 0. The van der Waals surface area contributed by atoms with Crippen LogP contribution in [-0.4, -0.2) is 12.3 Å². The smallest absolute Gasteiger partial charge is 0.0330 e. The highest BCUT2D eigenvalue weighted by Gasteiger charge is 1.91. The van der Waals surface area contributed by atoms with E-state index in [9.17, 15) is 0 Å². The fourth-order valence-corrected chi connectivity index (χ4v) is 2.08. The molecule has 0 spiro atoms. The Bertz CT molecular complexity index is 55.2. The van der Waals surface area contributed by atoms with E-state index in [1.165, 1.54) is 33.7 Å². The average molecular weight is 183 g/mol. The molecule has 0 rings (SSSR count). The van der Waals surface area contributed by atoms with Gasteiger partial charge < -0.3 is 0 Å². The number of halogens is 1. The van der Waals surface area contributed by atoms with Gasteiger partial charge in [0.1, 0.15) is 0 Å². The molecule has 0 N–H and O–H groups in total. The molecule has 0 nitrogen and oxygen atoms in total. The lowest BCUT2D eigenvalue weighted by molar-refractivity contribution is 0.745. The van der Waals surface area contributed by atoms with Gasteiger partial charge in [0.25, 0.3) is 0 Å². The minimum Gasteiger partial charge on any atom is -0.147 e. The summed E-state index contributed by atoms with van der Waals surface area (Å²) in [6, 6.07) is 0. The van der Waals surface area contributed by atoms with Crippen LogP contribution in [0.15, 0.2) is 0 Å². The van der Waals surface area contributed by atoms with Crippen molar-refractivity contribution in [2.75, 3.05) is 12.3 Å². The summed E-state index contributed by atoms with van der Waals surface area (Å²) in [6.45, 7) is 6.87. The van der Waals surface area contributed by atoms with Gasteiger partial charge in [-0.25, -0.2) is 0 Å². The second kappa shape index (κ2) is 9.72. The van der Waals surface area contributed by atoms with Crippen LogP contribution >= 0.6 is 21.0 Å². The van der Waals surface area contributed by atoms with Crippen LogP contribution < -0.4 is 0 Å². The Balaban J connectivity index is 0. The van der Waals surface area contributed by atoms with Gasteiger partial charge in [-0.15, -0.1) is 21.0 Å². The molecule has 0 aliphatic heterocycles. The van der Waals surface area contributed by atoms with Crippen LogP contribution in [0.4, 0.5) is 0 Å². The van der Waals surface area contributed by atoms with Gasteiger partial charge in [0.15, 0.2) is 0 Å². The molecule has 2 heteroatoms. The topological polar surface area (TPSA) is 0 Å². The van der Waals surface area contributed by atoms with Gasteiger partial charge >= 0.3 is 0 Å². The Kier molecular flexibility index (Phi) is 12.9. The van der Waals surface area contributed by atoms with Crippen molar-refractivity contribution in [1.82, 2.24) is 0 Å². The Morgan fingerprint density at radius 2 is 1.90 bits per heavy atom. The average Bonchev–Trinajstić information content (AvgIpc) is 1.80. The van der Waals surface area contributed by atoms with Gasteiger partial charge in [0.05, 0.1) is 0 Å². The summed E-state index contributed by atoms with van der Waals surface area (Å²) in [7, 11) is 1.22. The van der Waals surface area contributed by atoms with Crippen molar-refractivity contribution in [3.8, 4) is 0 Å². The molecule has 0 saturated carbocycles. The lowest BCUT2D eigenvalue weighted by atomic mass is 10.3. The zero-order valence-electron chi connectivity index (χ0n) is 7.31. The molecule has 1 unspecified atom stereocenters. The van der Waals surface area contributed by atoms with Gasteiger partial charge in [-0.2, -0.15) is 0 Å². The quantitative estimate of drug-likeness (QED) is 0.451. The van der Waals surface area contributed by atoms with E-state index in [1.54, 1.807) is 0 Å². The monoisotopic (exact) mass is 182 g/mol. The van der Waals surface area contributed by atoms with E-state index in [1.807, 2.05) is 0 Å². The van der Waals surface area contributed by atoms with E-state index >= 15 is 0 Å². The third-order valence-electron chi connectivity index (χ3n) is 1.26. The molecule has 0 bridgehead atoms. The zero-order valence-corrected chi connectivity index (χ0v) is 9.13.